The van der Waals surface area contributed by atoms with Crippen molar-refractivity contribution in [2.24, 2.45) is 5.92 Å². The molecule has 0 bridgehead atoms. The quantitative estimate of drug-likeness (QED) is 0.662. The maximum Gasteiger partial charge on any atom is 0.223 e. The van der Waals surface area contributed by atoms with Gasteiger partial charge in [0.15, 0.2) is 0 Å². The van der Waals surface area contributed by atoms with E-state index in [4.69, 9.17) is 5.11 Å². The molecule has 0 unspecified atom stereocenters. The minimum Gasteiger partial charge on any atom is -0.384 e. The van der Waals surface area contributed by atoms with Crippen molar-refractivity contribution in [3.8, 4) is 11.8 Å². The fraction of sp³-hybridized carbons (Fsp3) is 0.500. The minimum absolute atomic E-state index is 0.126. The van der Waals surface area contributed by atoms with E-state index < -0.39 is 0 Å². The van der Waals surface area contributed by atoms with Crippen LogP contribution in [0.5, 0.6) is 0 Å². The molecule has 2 rings (SSSR count). The number of hydrogen-bond acceptors (Lipinski definition) is 2. The average molecular weight is 285 g/mol. The van der Waals surface area contributed by atoms with E-state index in [-0.39, 0.29) is 18.4 Å². The second kappa shape index (κ2) is 8.49. The minimum atomic E-state index is -0.126. The fourth-order valence-corrected chi connectivity index (χ4v) is 2.72. The first-order chi connectivity index (χ1) is 10.3. The maximum atomic E-state index is 12.2. The molecule has 0 spiro atoms. The number of nitrogens with one attached hydrogen (secondary N) is 1. The van der Waals surface area contributed by atoms with E-state index in [1.807, 2.05) is 24.3 Å². The summed E-state index contributed by atoms with van der Waals surface area (Å²) < 4.78 is 0. The van der Waals surface area contributed by atoms with E-state index in [0.29, 0.717) is 6.54 Å². The van der Waals surface area contributed by atoms with E-state index in [9.17, 15) is 4.79 Å². The van der Waals surface area contributed by atoms with Crippen LogP contribution in [0.3, 0.4) is 0 Å². The van der Waals surface area contributed by atoms with E-state index in [0.717, 1.165) is 24.0 Å². The average Bonchev–Trinajstić information content (AvgIpc) is 2.81. The number of hydrogen-bond donors (Lipinski definition) is 2. The van der Waals surface area contributed by atoms with Crippen LogP contribution in [-0.4, -0.2) is 17.6 Å². The van der Waals surface area contributed by atoms with Crippen LogP contribution in [-0.2, 0) is 11.3 Å². The molecule has 3 heteroatoms. The van der Waals surface area contributed by atoms with Crippen LogP contribution in [0.2, 0.25) is 0 Å². The van der Waals surface area contributed by atoms with Crippen molar-refractivity contribution in [3.05, 3.63) is 35.4 Å². The zero-order valence-electron chi connectivity index (χ0n) is 12.4. The first kappa shape index (κ1) is 15.6. The van der Waals surface area contributed by atoms with Crippen molar-refractivity contribution in [1.29, 1.82) is 0 Å². The zero-order valence-corrected chi connectivity index (χ0v) is 12.4. The van der Waals surface area contributed by atoms with Gasteiger partial charge in [-0.3, -0.25) is 4.79 Å². The molecule has 0 radical (unpaired) electrons. The molecule has 1 aliphatic carbocycles. The van der Waals surface area contributed by atoms with Crippen LogP contribution in [0.4, 0.5) is 0 Å². The molecule has 21 heavy (non-hydrogen) atoms. The summed E-state index contributed by atoms with van der Waals surface area (Å²) >= 11 is 0. The van der Waals surface area contributed by atoms with Gasteiger partial charge < -0.3 is 10.4 Å². The lowest BCUT2D eigenvalue weighted by molar-refractivity contribution is -0.125. The van der Waals surface area contributed by atoms with E-state index in [1.165, 1.54) is 25.7 Å². The lowest BCUT2D eigenvalue weighted by Gasteiger charge is -2.14. The largest absolute Gasteiger partial charge is 0.384 e. The number of benzene rings is 1. The SMILES string of the molecule is O=C(NCc1ccc(C#CCO)cc1)C1CCCCCC1. The van der Waals surface area contributed by atoms with E-state index >= 15 is 0 Å². The topological polar surface area (TPSA) is 49.3 Å². The van der Waals surface area contributed by atoms with Gasteiger partial charge in [-0.15, -0.1) is 0 Å². The summed E-state index contributed by atoms with van der Waals surface area (Å²) in [4.78, 5) is 12.2. The fourth-order valence-electron chi connectivity index (χ4n) is 2.72. The van der Waals surface area contributed by atoms with E-state index in [1.54, 1.807) is 0 Å². The molecule has 0 aliphatic heterocycles. The van der Waals surface area contributed by atoms with Gasteiger partial charge in [-0.25, -0.2) is 0 Å². The van der Waals surface area contributed by atoms with Crippen LogP contribution >= 0.6 is 0 Å². The molecule has 0 atom stereocenters. The third kappa shape index (κ3) is 5.24. The van der Waals surface area contributed by atoms with Gasteiger partial charge in [-0.2, -0.15) is 0 Å². The maximum absolute atomic E-state index is 12.2. The van der Waals surface area contributed by atoms with Gasteiger partial charge >= 0.3 is 0 Å². The number of amides is 1. The van der Waals surface area contributed by atoms with Gasteiger partial charge in [-0.1, -0.05) is 49.7 Å². The van der Waals surface area contributed by atoms with Crippen molar-refractivity contribution < 1.29 is 9.90 Å². The van der Waals surface area contributed by atoms with Crippen LogP contribution in [0.15, 0.2) is 24.3 Å². The smallest absolute Gasteiger partial charge is 0.223 e. The second-order valence-electron chi connectivity index (χ2n) is 5.56. The van der Waals surface area contributed by atoms with Gasteiger partial charge in [0.1, 0.15) is 6.61 Å². The summed E-state index contributed by atoms with van der Waals surface area (Å²) in [6.45, 7) is 0.447. The van der Waals surface area contributed by atoms with Crippen LogP contribution in [0, 0.1) is 17.8 Å². The Balaban J connectivity index is 1.83. The molecule has 1 saturated carbocycles. The van der Waals surface area contributed by atoms with Crippen molar-refractivity contribution in [1.82, 2.24) is 5.32 Å². The number of aliphatic hydroxyl groups is 1. The Hall–Kier alpha value is -1.79. The zero-order chi connectivity index (χ0) is 14.9. The van der Waals surface area contributed by atoms with Crippen molar-refractivity contribution in [3.63, 3.8) is 0 Å². The highest BCUT2D eigenvalue weighted by Crippen LogP contribution is 2.22. The first-order valence-electron chi connectivity index (χ1n) is 7.76. The molecule has 1 aromatic carbocycles. The molecule has 0 aromatic heterocycles. The molecule has 1 fully saturated rings. The summed E-state index contributed by atoms with van der Waals surface area (Å²) in [5.74, 6) is 5.87. The van der Waals surface area contributed by atoms with Gasteiger partial charge in [-0.05, 0) is 30.5 Å². The first-order valence-corrected chi connectivity index (χ1v) is 7.76. The Morgan fingerprint density at radius 3 is 2.43 bits per heavy atom. The molecule has 3 nitrogen and oxygen atoms in total. The summed E-state index contributed by atoms with van der Waals surface area (Å²) in [5, 5.41) is 11.7. The molecule has 1 aromatic rings. The Morgan fingerprint density at radius 2 is 1.81 bits per heavy atom. The van der Waals surface area contributed by atoms with Crippen molar-refractivity contribution in [2.45, 2.75) is 45.1 Å². The monoisotopic (exact) mass is 285 g/mol. The van der Waals surface area contributed by atoms with Crippen molar-refractivity contribution >= 4 is 5.91 Å². The summed E-state index contributed by atoms with van der Waals surface area (Å²) in [7, 11) is 0. The number of carbonyl (C=O) groups is 1. The number of rotatable bonds is 3. The number of carbonyl (C=O) groups excluding carboxylic acids is 1. The lowest BCUT2D eigenvalue weighted by atomic mass is 9.99. The molecular weight excluding hydrogens is 262 g/mol. The normalized spacial score (nSPS) is 15.7. The molecule has 1 aliphatic rings. The molecule has 1 amide bonds. The molecule has 0 heterocycles. The van der Waals surface area contributed by atoms with Gasteiger partial charge in [0.25, 0.3) is 0 Å². The highest BCUT2D eigenvalue weighted by Gasteiger charge is 2.19. The third-order valence-corrected chi connectivity index (χ3v) is 3.96. The molecular formula is C18H23NO2. The Kier molecular flexibility index (Phi) is 6.30. The summed E-state index contributed by atoms with van der Waals surface area (Å²) in [6.07, 6.45) is 6.94. The highest BCUT2D eigenvalue weighted by molar-refractivity contribution is 5.78. The highest BCUT2D eigenvalue weighted by atomic mass is 16.2. The summed E-state index contributed by atoms with van der Waals surface area (Å²) in [5.41, 5.74) is 1.95. The standard InChI is InChI=1S/C18H23NO2/c20-13-5-6-15-9-11-16(12-10-15)14-19-18(21)17-7-3-1-2-4-8-17/h9-12,17,20H,1-4,7-8,13-14H2,(H,19,21). The Labute approximate surface area is 126 Å². The van der Waals surface area contributed by atoms with Crippen LogP contribution < -0.4 is 5.32 Å². The van der Waals surface area contributed by atoms with Gasteiger partial charge in [0.2, 0.25) is 5.91 Å². The van der Waals surface area contributed by atoms with E-state index in [2.05, 4.69) is 17.2 Å². The Morgan fingerprint density at radius 1 is 1.14 bits per heavy atom. The third-order valence-electron chi connectivity index (χ3n) is 3.96. The Bertz CT molecular complexity index is 502. The van der Waals surface area contributed by atoms with Crippen LogP contribution in [0.25, 0.3) is 0 Å². The van der Waals surface area contributed by atoms with Crippen LogP contribution in [0.1, 0.15) is 49.7 Å². The predicted molar refractivity (Wildman–Crippen MR) is 83.4 cm³/mol. The lowest BCUT2D eigenvalue weighted by Crippen LogP contribution is -2.30. The molecule has 0 saturated heterocycles. The second-order valence-corrected chi connectivity index (χ2v) is 5.56. The van der Waals surface area contributed by atoms with Crippen molar-refractivity contribution in [2.75, 3.05) is 6.61 Å². The molecule has 112 valence electrons. The molecule has 2 N–H and O–H groups in total. The number of aliphatic hydroxyl groups excluding tert-OH is 1. The summed E-state index contributed by atoms with van der Waals surface area (Å²) in [6, 6.07) is 7.76. The van der Waals surface area contributed by atoms with Gasteiger partial charge in [0, 0.05) is 18.0 Å². The van der Waals surface area contributed by atoms with Gasteiger partial charge in [0.05, 0.1) is 0 Å². The predicted octanol–water partition coefficient (Wildman–Crippen LogP) is 2.62.